The summed E-state index contributed by atoms with van der Waals surface area (Å²) < 4.78 is 15.9. The van der Waals surface area contributed by atoms with Crippen LogP contribution in [0.2, 0.25) is 0 Å². The molecule has 0 spiro atoms. The molecule has 0 aliphatic carbocycles. The van der Waals surface area contributed by atoms with Gasteiger partial charge in [0.25, 0.3) is 0 Å². The van der Waals surface area contributed by atoms with Gasteiger partial charge in [0.05, 0.1) is 25.2 Å². The number of amides is 1. The van der Waals surface area contributed by atoms with Crippen LogP contribution in [0.1, 0.15) is 23.9 Å². The average Bonchev–Trinajstić information content (AvgIpc) is 2.88. The molecule has 0 unspecified atom stereocenters. The Balaban J connectivity index is 1.88. The molecular weight excluding hydrogens is 328 g/mol. The second-order valence-electron chi connectivity index (χ2n) is 5.14. The van der Waals surface area contributed by atoms with Crippen LogP contribution in [-0.2, 0) is 10.5 Å². The smallest absolute Gasteiger partial charge is 0.234 e. The predicted octanol–water partition coefficient (Wildman–Crippen LogP) is 3.57. The van der Waals surface area contributed by atoms with E-state index in [0.717, 1.165) is 17.0 Å². The molecule has 1 aromatic carbocycles. The number of aryl methyl sites for hydroxylation is 2. The number of benzene rings is 1. The molecule has 2 rings (SSSR count). The van der Waals surface area contributed by atoms with Crippen LogP contribution < -0.4 is 14.8 Å². The number of methoxy groups -OCH3 is 1. The first kappa shape index (κ1) is 18.2. The maximum absolute atomic E-state index is 12.1. The van der Waals surface area contributed by atoms with Crippen molar-refractivity contribution in [3.8, 4) is 11.5 Å². The molecule has 1 heterocycles. The topological polar surface area (TPSA) is 73.6 Å². The van der Waals surface area contributed by atoms with Gasteiger partial charge >= 0.3 is 0 Å². The van der Waals surface area contributed by atoms with Gasteiger partial charge in [-0.1, -0.05) is 5.16 Å². The molecule has 0 saturated heterocycles. The van der Waals surface area contributed by atoms with E-state index in [4.69, 9.17) is 14.0 Å². The summed E-state index contributed by atoms with van der Waals surface area (Å²) in [6.07, 6.45) is 0. The van der Waals surface area contributed by atoms with Crippen LogP contribution in [0.3, 0.4) is 0 Å². The lowest BCUT2D eigenvalue weighted by Crippen LogP contribution is -2.14. The van der Waals surface area contributed by atoms with Crippen molar-refractivity contribution in [2.24, 2.45) is 0 Å². The highest BCUT2D eigenvalue weighted by molar-refractivity contribution is 7.99. The lowest BCUT2D eigenvalue weighted by Gasteiger charge is -2.11. The number of hydrogen-bond acceptors (Lipinski definition) is 6. The van der Waals surface area contributed by atoms with E-state index in [2.05, 4.69) is 10.5 Å². The Kier molecular flexibility index (Phi) is 6.54. The Hall–Kier alpha value is -2.15. The molecule has 1 aromatic heterocycles. The zero-order valence-corrected chi connectivity index (χ0v) is 15.2. The zero-order valence-electron chi connectivity index (χ0n) is 14.3. The number of rotatable bonds is 8. The van der Waals surface area contributed by atoms with E-state index < -0.39 is 0 Å². The molecular formula is C17H22N2O4S. The summed E-state index contributed by atoms with van der Waals surface area (Å²) in [7, 11) is 1.57. The first-order valence-electron chi connectivity index (χ1n) is 7.65. The number of thioether (sulfide) groups is 1. The Morgan fingerprint density at radius 3 is 2.75 bits per heavy atom. The fraction of sp³-hybridized carbons (Fsp3) is 0.412. The van der Waals surface area contributed by atoms with Crippen molar-refractivity contribution in [2.45, 2.75) is 26.5 Å². The van der Waals surface area contributed by atoms with Crippen LogP contribution in [0.5, 0.6) is 11.5 Å². The maximum atomic E-state index is 12.1. The third kappa shape index (κ3) is 4.67. The summed E-state index contributed by atoms with van der Waals surface area (Å²) in [5, 5.41) is 6.77. The van der Waals surface area contributed by atoms with Gasteiger partial charge in [0.2, 0.25) is 5.91 Å². The largest absolute Gasteiger partial charge is 0.493 e. The average molecular weight is 350 g/mol. The van der Waals surface area contributed by atoms with Crippen molar-refractivity contribution in [2.75, 3.05) is 24.8 Å². The highest BCUT2D eigenvalue weighted by Crippen LogP contribution is 2.30. The molecule has 0 bridgehead atoms. The third-order valence-corrected chi connectivity index (χ3v) is 4.37. The summed E-state index contributed by atoms with van der Waals surface area (Å²) in [5.74, 6) is 3.03. The molecule has 0 aliphatic rings. The quantitative estimate of drug-likeness (QED) is 0.784. The van der Waals surface area contributed by atoms with Crippen molar-refractivity contribution < 1.29 is 18.8 Å². The van der Waals surface area contributed by atoms with Gasteiger partial charge in [0.15, 0.2) is 11.5 Å². The molecule has 0 atom stereocenters. The minimum Gasteiger partial charge on any atom is -0.493 e. The van der Waals surface area contributed by atoms with Crippen LogP contribution in [-0.4, -0.2) is 30.5 Å². The molecule has 130 valence electrons. The van der Waals surface area contributed by atoms with Crippen molar-refractivity contribution in [3.05, 3.63) is 35.2 Å². The minimum absolute atomic E-state index is 0.0713. The number of carbonyl (C=O) groups excluding carboxylic acids is 1. The van der Waals surface area contributed by atoms with Crippen molar-refractivity contribution in [1.29, 1.82) is 0 Å². The number of hydrogen-bond donors (Lipinski definition) is 1. The van der Waals surface area contributed by atoms with Crippen molar-refractivity contribution in [1.82, 2.24) is 5.16 Å². The summed E-state index contributed by atoms with van der Waals surface area (Å²) in [6.45, 7) is 6.24. The normalized spacial score (nSPS) is 10.5. The molecule has 24 heavy (non-hydrogen) atoms. The molecule has 0 saturated carbocycles. The summed E-state index contributed by atoms with van der Waals surface area (Å²) in [5.41, 5.74) is 2.60. The molecule has 0 aliphatic heterocycles. The van der Waals surface area contributed by atoms with Gasteiger partial charge in [-0.05, 0) is 32.9 Å². The van der Waals surface area contributed by atoms with E-state index in [9.17, 15) is 4.79 Å². The number of aromatic nitrogens is 1. The summed E-state index contributed by atoms with van der Waals surface area (Å²) in [6, 6.07) is 5.33. The van der Waals surface area contributed by atoms with Crippen molar-refractivity contribution in [3.63, 3.8) is 0 Å². The van der Waals surface area contributed by atoms with Crippen LogP contribution in [0.25, 0.3) is 0 Å². The van der Waals surface area contributed by atoms with E-state index >= 15 is 0 Å². The molecule has 6 nitrogen and oxygen atoms in total. The van der Waals surface area contributed by atoms with Crippen LogP contribution in [0, 0.1) is 13.8 Å². The molecule has 1 amide bonds. The van der Waals surface area contributed by atoms with Gasteiger partial charge in [0.1, 0.15) is 5.76 Å². The molecule has 2 aromatic rings. The Morgan fingerprint density at radius 2 is 2.12 bits per heavy atom. The van der Waals surface area contributed by atoms with Gasteiger partial charge < -0.3 is 19.3 Å². The highest BCUT2D eigenvalue weighted by Gasteiger charge is 2.11. The molecule has 0 radical (unpaired) electrons. The number of anilines is 1. The van der Waals surface area contributed by atoms with Crippen molar-refractivity contribution >= 4 is 23.4 Å². The van der Waals surface area contributed by atoms with Crippen LogP contribution in [0.4, 0.5) is 5.69 Å². The SMILES string of the molecule is CCOc1ccc(NC(=O)CSCc2c(C)noc2C)cc1OC. The van der Waals surface area contributed by atoms with Gasteiger partial charge in [0, 0.05) is 23.1 Å². The van der Waals surface area contributed by atoms with E-state index in [0.29, 0.717) is 35.3 Å². The van der Waals surface area contributed by atoms with Gasteiger partial charge in [-0.3, -0.25) is 4.79 Å². The van der Waals surface area contributed by atoms with Gasteiger partial charge in [-0.15, -0.1) is 11.8 Å². The second kappa shape index (κ2) is 8.63. The standard InChI is InChI=1S/C17H22N2O4S/c1-5-22-15-7-6-13(8-16(15)21-4)18-17(20)10-24-9-14-11(2)19-23-12(14)3/h6-8H,5,9-10H2,1-4H3,(H,18,20). The van der Waals surface area contributed by atoms with E-state index in [1.165, 1.54) is 11.8 Å². The van der Waals surface area contributed by atoms with Gasteiger partial charge in [-0.25, -0.2) is 0 Å². The van der Waals surface area contributed by atoms with Gasteiger partial charge in [-0.2, -0.15) is 0 Å². The number of carbonyl (C=O) groups is 1. The van der Waals surface area contributed by atoms with E-state index in [1.54, 1.807) is 25.3 Å². The first-order chi connectivity index (χ1) is 11.5. The number of ether oxygens (including phenoxy) is 2. The Bertz CT molecular complexity index is 680. The van der Waals surface area contributed by atoms with E-state index in [1.807, 2.05) is 20.8 Å². The Labute approximate surface area is 145 Å². The number of nitrogens with zero attached hydrogens (tertiary/aromatic N) is 1. The fourth-order valence-corrected chi connectivity index (χ4v) is 3.15. The third-order valence-electron chi connectivity index (χ3n) is 3.41. The first-order valence-corrected chi connectivity index (χ1v) is 8.80. The summed E-state index contributed by atoms with van der Waals surface area (Å²) >= 11 is 1.52. The molecule has 1 N–H and O–H groups in total. The molecule has 0 fully saturated rings. The monoisotopic (exact) mass is 350 g/mol. The predicted molar refractivity (Wildman–Crippen MR) is 94.9 cm³/mol. The summed E-state index contributed by atoms with van der Waals surface area (Å²) in [4.78, 5) is 12.1. The lowest BCUT2D eigenvalue weighted by atomic mass is 10.2. The highest BCUT2D eigenvalue weighted by atomic mass is 32.2. The minimum atomic E-state index is -0.0713. The lowest BCUT2D eigenvalue weighted by molar-refractivity contribution is -0.113. The number of nitrogens with one attached hydrogen (secondary N) is 1. The maximum Gasteiger partial charge on any atom is 0.234 e. The van der Waals surface area contributed by atoms with Crippen LogP contribution in [0.15, 0.2) is 22.7 Å². The van der Waals surface area contributed by atoms with Crippen LogP contribution >= 0.6 is 11.8 Å². The fourth-order valence-electron chi connectivity index (χ4n) is 2.17. The zero-order chi connectivity index (χ0) is 17.5. The molecule has 7 heteroatoms. The van der Waals surface area contributed by atoms with E-state index in [-0.39, 0.29) is 5.91 Å². The second-order valence-corrected chi connectivity index (χ2v) is 6.13. The Morgan fingerprint density at radius 1 is 1.33 bits per heavy atom.